The maximum atomic E-state index is 13.0. The highest BCUT2D eigenvalue weighted by Gasteiger charge is 2.30. The second-order valence-corrected chi connectivity index (χ2v) is 6.90. The van der Waals surface area contributed by atoms with Crippen LogP contribution < -0.4 is 0 Å². The van der Waals surface area contributed by atoms with Crippen molar-refractivity contribution in [3.8, 4) is 11.3 Å². The number of halogens is 1. The summed E-state index contributed by atoms with van der Waals surface area (Å²) >= 11 is 1.75. The van der Waals surface area contributed by atoms with Crippen LogP contribution in [-0.4, -0.2) is 17.4 Å². The summed E-state index contributed by atoms with van der Waals surface area (Å²) < 4.78 is 18.8. The monoisotopic (exact) mass is 341 g/mol. The molecule has 1 aliphatic rings. The predicted molar refractivity (Wildman–Crippen MR) is 91.6 cm³/mol. The molecule has 0 unspecified atom stereocenters. The highest BCUT2D eigenvalue weighted by Crippen LogP contribution is 2.34. The maximum absolute atomic E-state index is 13.0. The molecular formula is C19H16FNO2S. The van der Waals surface area contributed by atoms with E-state index in [-0.39, 0.29) is 17.8 Å². The standard InChI is InChI=1S/C19H16FNO2S/c1-12-15-9-11-24-18(15)8-10-21(12)19(22)17-7-6-16(23-17)13-2-4-14(20)5-3-13/h2-7,9,11-12H,8,10H2,1H3/t12-/m0/s1. The van der Waals surface area contributed by atoms with Gasteiger partial charge in [0.05, 0.1) is 6.04 Å². The molecule has 0 saturated carbocycles. The van der Waals surface area contributed by atoms with Crippen LogP contribution in [0.5, 0.6) is 0 Å². The molecule has 4 rings (SSSR count). The molecule has 24 heavy (non-hydrogen) atoms. The molecule has 1 amide bonds. The van der Waals surface area contributed by atoms with Gasteiger partial charge in [0.25, 0.3) is 5.91 Å². The van der Waals surface area contributed by atoms with E-state index in [0.29, 0.717) is 18.1 Å². The molecule has 1 aliphatic heterocycles. The lowest BCUT2D eigenvalue weighted by Gasteiger charge is -2.33. The largest absolute Gasteiger partial charge is 0.451 e. The summed E-state index contributed by atoms with van der Waals surface area (Å²) in [6.07, 6.45) is 0.884. The summed E-state index contributed by atoms with van der Waals surface area (Å²) in [6, 6.07) is 11.6. The second-order valence-electron chi connectivity index (χ2n) is 5.89. The van der Waals surface area contributed by atoms with E-state index in [1.165, 1.54) is 22.6 Å². The third-order valence-corrected chi connectivity index (χ3v) is 5.48. The number of thiophene rings is 1. The van der Waals surface area contributed by atoms with Crippen molar-refractivity contribution < 1.29 is 13.6 Å². The van der Waals surface area contributed by atoms with Gasteiger partial charge in [-0.1, -0.05) is 0 Å². The van der Waals surface area contributed by atoms with Crippen LogP contribution in [0.1, 0.15) is 34.0 Å². The fourth-order valence-corrected chi connectivity index (χ4v) is 4.11. The van der Waals surface area contributed by atoms with Crippen molar-refractivity contribution in [3.63, 3.8) is 0 Å². The molecule has 0 bridgehead atoms. The minimum atomic E-state index is -0.296. The highest BCUT2D eigenvalue weighted by molar-refractivity contribution is 7.10. The molecule has 1 atom stereocenters. The van der Waals surface area contributed by atoms with Crippen molar-refractivity contribution in [2.75, 3.05) is 6.54 Å². The number of hydrogen-bond donors (Lipinski definition) is 0. The fourth-order valence-electron chi connectivity index (χ4n) is 3.15. The number of furan rings is 1. The molecule has 2 aromatic heterocycles. The van der Waals surface area contributed by atoms with E-state index >= 15 is 0 Å². The molecule has 0 radical (unpaired) electrons. The Kier molecular flexibility index (Phi) is 3.73. The van der Waals surface area contributed by atoms with Gasteiger partial charge in [-0.2, -0.15) is 0 Å². The lowest BCUT2D eigenvalue weighted by Crippen LogP contribution is -2.38. The Morgan fingerprint density at radius 1 is 1.21 bits per heavy atom. The zero-order valence-corrected chi connectivity index (χ0v) is 14.0. The smallest absolute Gasteiger partial charge is 0.290 e. The zero-order valence-electron chi connectivity index (χ0n) is 13.2. The van der Waals surface area contributed by atoms with Gasteiger partial charge < -0.3 is 9.32 Å². The summed E-state index contributed by atoms with van der Waals surface area (Å²) in [6.45, 7) is 2.74. The van der Waals surface area contributed by atoms with Crippen LogP contribution in [0, 0.1) is 5.82 Å². The van der Waals surface area contributed by atoms with E-state index in [1.807, 2.05) is 11.8 Å². The number of fused-ring (bicyclic) bond motifs is 1. The molecule has 5 heteroatoms. The van der Waals surface area contributed by atoms with Crippen LogP contribution in [0.4, 0.5) is 4.39 Å². The van der Waals surface area contributed by atoms with Crippen molar-refractivity contribution >= 4 is 17.2 Å². The summed E-state index contributed by atoms with van der Waals surface area (Å²) in [5, 5.41) is 2.08. The molecule has 3 aromatic rings. The third-order valence-electron chi connectivity index (χ3n) is 4.48. The SMILES string of the molecule is C[C@H]1c2ccsc2CCN1C(=O)c1ccc(-c2ccc(F)cc2)o1. The minimum absolute atomic E-state index is 0.0480. The Morgan fingerprint density at radius 3 is 2.79 bits per heavy atom. The number of amides is 1. The first-order chi connectivity index (χ1) is 11.6. The number of benzene rings is 1. The lowest BCUT2D eigenvalue weighted by atomic mass is 10.0. The molecule has 0 fully saturated rings. The van der Waals surface area contributed by atoms with Crippen molar-refractivity contribution in [3.05, 3.63) is 69.9 Å². The Balaban J connectivity index is 1.59. The van der Waals surface area contributed by atoms with Crippen molar-refractivity contribution in [2.45, 2.75) is 19.4 Å². The number of hydrogen-bond acceptors (Lipinski definition) is 3. The molecule has 3 nitrogen and oxygen atoms in total. The number of carbonyl (C=O) groups excluding carboxylic acids is 1. The third kappa shape index (κ3) is 2.55. The van der Waals surface area contributed by atoms with Gasteiger partial charge in [-0.25, -0.2) is 4.39 Å². The second kappa shape index (κ2) is 5.91. The first-order valence-electron chi connectivity index (χ1n) is 7.86. The van der Waals surface area contributed by atoms with Crippen LogP contribution in [0.25, 0.3) is 11.3 Å². The van der Waals surface area contributed by atoms with E-state index in [9.17, 15) is 9.18 Å². The topological polar surface area (TPSA) is 33.5 Å². The van der Waals surface area contributed by atoms with Crippen molar-refractivity contribution in [1.29, 1.82) is 0 Å². The summed E-state index contributed by atoms with van der Waals surface area (Å²) in [5.74, 6) is 0.488. The van der Waals surface area contributed by atoms with E-state index in [1.54, 1.807) is 35.6 Å². The quantitative estimate of drug-likeness (QED) is 0.664. The molecule has 0 aliphatic carbocycles. The Bertz CT molecular complexity index is 881. The summed E-state index contributed by atoms with van der Waals surface area (Å²) in [5.41, 5.74) is 1.98. The number of carbonyl (C=O) groups is 1. The van der Waals surface area contributed by atoms with Gasteiger partial charge in [0, 0.05) is 17.0 Å². The van der Waals surface area contributed by atoms with Gasteiger partial charge in [-0.15, -0.1) is 11.3 Å². The normalized spacial score (nSPS) is 16.9. The zero-order chi connectivity index (χ0) is 16.7. The number of nitrogens with zero attached hydrogens (tertiary/aromatic N) is 1. The van der Waals surface area contributed by atoms with Gasteiger partial charge >= 0.3 is 0 Å². The number of rotatable bonds is 2. The molecule has 0 spiro atoms. The molecule has 0 saturated heterocycles. The van der Waals surface area contributed by atoms with Crippen LogP contribution in [0.2, 0.25) is 0 Å². The molecule has 122 valence electrons. The van der Waals surface area contributed by atoms with Crippen molar-refractivity contribution in [2.24, 2.45) is 0 Å². The highest BCUT2D eigenvalue weighted by atomic mass is 32.1. The first kappa shape index (κ1) is 15.1. The average Bonchev–Trinajstić information content (AvgIpc) is 3.25. The van der Waals surface area contributed by atoms with E-state index < -0.39 is 0 Å². The maximum Gasteiger partial charge on any atom is 0.290 e. The summed E-state index contributed by atoms with van der Waals surface area (Å²) in [7, 11) is 0. The molecule has 0 N–H and O–H groups in total. The van der Waals surface area contributed by atoms with Gasteiger partial charge in [0.2, 0.25) is 0 Å². The molecular weight excluding hydrogens is 325 g/mol. The van der Waals surface area contributed by atoms with Gasteiger partial charge in [-0.3, -0.25) is 4.79 Å². The lowest BCUT2D eigenvalue weighted by molar-refractivity contribution is 0.0647. The first-order valence-corrected chi connectivity index (χ1v) is 8.74. The van der Waals surface area contributed by atoms with Crippen LogP contribution in [-0.2, 0) is 6.42 Å². The van der Waals surface area contributed by atoms with E-state index in [4.69, 9.17) is 4.42 Å². The van der Waals surface area contributed by atoms with Crippen LogP contribution in [0.15, 0.2) is 52.3 Å². The van der Waals surface area contributed by atoms with Crippen molar-refractivity contribution in [1.82, 2.24) is 4.90 Å². The van der Waals surface area contributed by atoms with Crippen LogP contribution >= 0.6 is 11.3 Å². The summed E-state index contributed by atoms with van der Waals surface area (Å²) in [4.78, 5) is 16.0. The predicted octanol–water partition coefficient (Wildman–Crippen LogP) is 4.91. The van der Waals surface area contributed by atoms with Gasteiger partial charge in [0.1, 0.15) is 11.6 Å². The van der Waals surface area contributed by atoms with Gasteiger partial charge in [-0.05, 0) is 66.8 Å². The van der Waals surface area contributed by atoms with Gasteiger partial charge in [0.15, 0.2) is 5.76 Å². The average molecular weight is 341 g/mol. The minimum Gasteiger partial charge on any atom is -0.451 e. The van der Waals surface area contributed by atoms with E-state index in [2.05, 4.69) is 11.4 Å². The Morgan fingerprint density at radius 2 is 2.00 bits per heavy atom. The fraction of sp³-hybridized carbons (Fsp3) is 0.211. The molecule has 1 aromatic carbocycles. The Labute approximate surface area is 143 Å². The van der Waals surface area contributed by atoms with Crippen LogP contribution in [0.3, 0.4) is 0 Å². The van der Waals surface area contributed by atoms with E-state index in [0.717, 1.165) is 12.0 Å². The Hall–Kier alpha value is -2.40. The molecule has 3 heterocycles.